The van der Waals surface area contributed by atoms with Crippen LogP contribution in [0.15, 0.2) is 23.1 Å². The van der Waals surface area contributed by atoms with E-state index in [-0.39, 0.29) is 4.90 Å². The van der Waals surface area contributed by atoms with Crippen LogP contribution in [0.5, 0.6) is 5.75 Å². The molecule has 6 heteroatoms. The number of likely N-dealkylation sites (N-methyl/N-ethyl adjacent to an activating group) is 1. The maximum Gasteiger partial charge on any atom is 0.175 e. The Balaban J connectivity index is 2.93. The summed E-state index contributed by atoms with van der Waals surface area (Å²) in [6, 6.07) is 4.83. The van der Waals surface area contributed by atoms with Crippen LogP contribution in [0.4, 0.5) is 5.69 Å². The summed E-state index contributed by atoms with van der Waals surface area (Å²) in [5.74, 6) is 0.558. The number of nitrogens with one attached hydrogen (secondary N) is 1. The summed E-state index contributed by atoms with van der Waals surface area (Å²) in [6.45, 7) is 1.28. The first-order valence-electron chi connectivity index (χ1n) is 5.64. The molecular formula is C12H20N2O3S. The highest BCUT2D eigenvalue weighted by Crippen LogP contribution is 2.27. The zero-order chi connectivity index (χ0) is 13.8. The number of benzene rings is 1. The minimum Gasteiger partial charge on any atom is -0.490 e. The maximum absolute atomic E-state index is 11.5. The van der Waals surface area contributed by atoms with Gasteiger partial charge in [0.1, 0.15) is 12.4 Å². The monoisotopic (exact) mass is 272 g/mol. The van der Waals surface area contributed by atoms with E-state index in [2.05, 4.69) is 5.32 Å². The molecule has 1 aromatic rings. The van der Waals surface area contributed by atoms with E-state index >= 15 is 0 Å². The van der Waals surface area contributed by atoms with Crippen LogP contribution in [0.1, 0.15) is 0 Å². The fraction of sp³-hybridized carbons (Fsp3) is 0.500. The van der Waals surface area contributed by atoms with E-state index in [1.165, 1.54) is 6.26 Å². The van der Waals surface area contributed by atoms with Gasteiger partial charge >= 0.3 is 0 Å². The maximum atomic E-state index is 11.5. The number of rotatable bonds is 6. The van der Waals surface area contributed by atoms with Crippen molar-refractivity contribution in [3.63, 3.8) is 0 Å². The van der Waals surface area contributed by atoms with Gasteiger partial charge < -0.3 is 15.0 Å². The summed E-state index contributed by atoms with van der Waals surface area (Å²) in [5.41, 5.74) is 0.779. The smallest absolute Gasteiger partial charge is 0.175 e. The van der Waals surface area contributed by atoms with E-state index in [0.717, 1.165) is 12.2 Å². The van der Waals surface area contributed by atoms with Crippen LogP contribution >= 0.6 is 0 Å². The van der Waals surface area contributed by atoms with E-state index in [9.17, 15) is 8.42 Å². The van der Waals surface area contributed by atoms with Crippen molar-refractivity contribution >= 4 is 15.5 Å². The third-order valence-electron chi connectivity index (χ3n) is 2.45. The number of hydrogen-bond acceptors (Lipinski definition) is 5. The molecule has 0 radical (unpaired) electrons. The second-order valence-electron chi connectivity index (χ2n) is 4.33. The fourth-order valence-electron chi connectivity index (χ4n) is 1.40. The number of anilines is 1. The van der Waals surface area contributed by atoms with Crippen molar-refractivity contribution in [1.29, 1.82) is 0 Å². The van der Waals surface area contributed by atoms with Crippen molar-refractivity contribution in [3.05, 3.63) is 18.2 Å². The second-order valence-corrected chi connectivity index (χ2v) is 6.35. The van der Waals surface area contributed by atoms with Crippen molar-refractivity contribution in [1.82, 2.24) is 4.90 Å². The minimum absolute atomic E-state index is 0.265. The Kier molecular flexibility index (Phi) is 4.98. The van der Waals surface area contributed by atoms with Crippen LogP contribution in [-0.4, -0.2) is 53.9 Å². The van der Waals surface area contributed by atoms with E-state index in [4.69, 9.17) is 4.74 Å². The van der Waals surface area contributed by atoms with Gasteiger partial charge in [-0.1, -0.05) is 0 Å². The van der Waals surface area contributed by atoms with E-state index in [1.807, 2.05) is 19.0 Å². The van der Waals surface area contributed by atoms with Gasteiger partial charge in [0.25, 0.3) is 0 Å². The average molecular weight is 272 g/mol. The molecule has 1 aromatic carbocycles. The Morgan fingerprint density at radius 3 is 2.50 bits per heavy atom. The van der Waals surface area contributed by atoms with E-state index in [1.54, 1.807) is 25.2 Å². The van der Waals surface area contributed by atoms with Gasteiger partial charge in [0.15, 0.2) is 9.84 Å². The van der Waals surface area contributed by atoms with Crippen molar-refractivity contribution in [2.45, 2.75) is 4.90 Å². The van der Waals surface area contributed by atoms with Gasteiger partial charge in [0.2, 0.25) is 0 Å². The van der Waals surface area contributed by atoms with Crippen molar-refractivity contribution in [2.24, 2.45) is 0 Å². The van der Waals surface area contributed by atoms with Gasteiger partial charge in [0, 0.05) is 25.9 Å². The molecule has 18 heavy (non-hydrogen) atoms. The molecule has 0 spiro atoms. The Morgan fingerprint density at radius 2 is 2.00 bits per heavy atom. The molecule has 0 unspecified atom stereocenters. The topological polar surface area (TPSA) is 58.6 Å². The number of sulfone groups is 1. The SMILES string of the molecule is CNc1ccc(S(C)(=O)=O)cc1OCCN(C)C. The standard InChI is InChI=1S/C12H20N2O3S/c1-13-11-6-5-10(18(4,15)16)9-12(11)17-8-7-14(2)3/h5-6,9,13H,7-8H2,1-4H3. The third-order valence-corrected chi connectivity index (χ3v) is 3.56. The van der Waals surface area contributed by atoms with Crippen LogP contribution in [-0.2, 0) is 9.84 Å². The van der Waals surface area contributed by atoms with Gasteiger partial charge in [-0.3, -0.25) is 0 Å². The Labute approximate surface area is 109 Å². The van der Waals surface area contributed by atoms with Gasteiger partial charge in [-0.05, 0) is 26.2 Å². The summed E-state index contributed by atoms with van der Waals surface area (Å²) in [4.78, 5) is 2.26. The van der Waals surface area contributed by atoms with Crippen LogP contribution in [0.3, 0.4) is 0 Å². The van der Waals surface area contributed by atoms with Crippen LogP contribution < -0.4 is 10.1 Å². The Bertz CT molecular complexity index is 498. The third kappa shape index (κ3) is 4.19. The number of ether oxygens (including phenoxy) is 1. The molecule has 0 aliphatic rings. The second kappa shape index (κ2) is 6.06. The molecule has 102 valence electrons. The molecule has 0 atom stereocenters. The molecule has 0 aromatic heterocycles. The Morgan fingerprint density at radius 1 is 1.33 bits per heavy atom. The zero-order valence-corrected chi connectivity index (χ0v) is 12.0. The highest BCUT2D eigenvalue weighted by molar-refractivity contribution is 7.90. The highest BCUT2D eigenvalue weighted by Gasteiger charge is 2.11. The molecule has 0 aliphatic carbocycles. The van der Waals surface area contributed by atoms with E-state index < -0.39 is 9.84 Å². The lowest BCUT2D eigenvalue weighted by molar-refractivity contribution is 0.262. The summed E-state index contributed by atoms with van der Waals surface area (Å²) >= 11 is 0. The van der Waals surface area contributed by atoms with Crippen LogP contribution in [0, 0.1) is 0 Å². The van der Waals surface area contributed by atoms with Gasteiger partial charge in [-0.25, -0.2) is 8.42 Å². The molecule has 0 bridgehead atoms. The molecule has 0 saturated carbocycles. The first-order valence-corrected chi connectivity index (χ1v) is 7.53. The Hall–Kier alpha value is -1.27. The first kappa shape index (κ1) is 14.8. The molecule has 0 amide bonds. The highest BCUT2D eigenvalue weighted by atomic mass is 32.2. The van der Waals surface area contributed by atoms with E-state index in [0.29, 0.717) is 12.4 Å². The molecule has 0 heterocycles. The lowest BCUT2D eigenvalue weighted by Gasteiger charge is -2.14. The average Bonchev–Trinajstić information content (AvgIpc) is 2.27. The van der Waals surface area contributed by atoms with Crippen molar-refractivity contribution < 1.29 is 13.2 Å². The molecule has 1 N–H and O–H groups in total. The molecule has 0 fully saturated rings. The molecule has 0 aliphatic heterocycles. The largest absolute Gasteiger partial charge is 0.490 e. The zero-order valence-electron chi connectivity index (χ0n) is 11.2. The molecule has 0 saturated heterocycles. The van der Waals surface area contributed by atoms with Gasteiger partial charge in [0.05, 0.1) is 10.6 Å². The summed E-state index contributed by atoms with van der Waals surface area (Å²) in [6.07, 6.45) is 1.19. The van der Waals surface area contributed by atoms with Crippen molar-refractivity contribution in [2.75, 3.05) is 45.9 Å². The summed E-state index contributed by atoms with van der Waals surface area (Å²) in [5, 5.41) is 2.98. The van der Waals surface area contributed by atoms with Gasteiger partial charge in [-0.15, -0.1) is 0 Å². The first-order chi connectivity index (χ1) is 8.34. The fourth-order valence-corrected chi connectivity index (χ4v) is 2.03. The predicted molar refractivity (Wildman–Crippen MR) is 73.1 cm³/mol. The number of hydrogen-bond donors (Lipinski definition) is 1. The quantitative estimate of drug-likeness (QED) is 0.839. The minimum atomic E-state index is -3.21. The lowest BCUT2D eigenvalue weighted by Crippen LogP contribution is -2.19. The molecule has 1 rings (SSSR count). The summed E-state index contributed by atoms with van der Waals surface area (Å²) < 4.78 is 28.6. The van der Waals surface area contributed by atoms with Crippen LogP contribution in [0.25, 0.3) is 0 Å². The van der Waals surface area contributed by atoms with Crippen LogP contribution in [0.2, 0.25) is 0 Å². The summed E-state index contributed by atoms with van der Waals surface area (Å²) in [7, 11) is 2.47. The molecule has 5 nitrogen and oxygen atoms in total. The predicted octanol–water partition coefficient (Wildman–Crippen LogP) is 1.07. The number of nitrogens with zero attached hydrogens (tertiary/aromatic N) is 1. The lowest BCUT2D eigenvalue weighted by atomic mass is 10.3. The molecular weight excluding hydrogens is 252 g/mol. The normalized spacial score (nSPS) is 11.6. The van der Waals surface area contributed by atoms with Crippen molar-refractivity contribution in [3.8, 4) is 5.75 Å². The van der Waals surface area contributed by atoms with Gasteiger partial charge in [-0.2, -0.15) is 0 Å².